The molecule has 90 valence electrons. The molecule has 0 aliphatic heterocycles. The number of nitriles is 1. The van der Waals surface area contributed by atoms with Crippen LogP contribution in [0.2, 0.25) is 0 Å². The zero-order chi connectivity index (χ0) is 12.5. The van der Waals surface area contributed by atoms with E-state index in [-0.39, 0.29) is 11.7 Å². The molecule has 1 aliphatic carbocycles. The van der Waals surface area contributed by atoms with Gasteiger partial charge in [-0.3, -0.25) is 0 Å². The van der Waals surface area contributed by atoms with Gasteiger partial charge in [0.15, 0.2) is 0 Å². The molecular weight excluding hydrogens is 213 g/mol. The van der Waals surface area contributed by atoms with Crippen LogP contribution in [0.4, 0.5) is 4.39 Å². The molecule has 2 rings (SSSR count). The van der Waals surface area contributed by atoms with Crippen molar-refractivity contribution in [3.05, 3.63) is 35.6 Å². The molecule has 0 N–H and O–H groups in total. The van der Waals surface area contributed by atoms with E-state index >= 15 is 0 Å². The number of halogens is 1. The van der Waals surface area contributed by atoms with Gasteiger partial charge in [-0.15, -0.1) is 0 Å². The smallest absolute Gasteiger partial charge is 0.128 e. The highest BCUT2D eigenvalue weighted by molar-refractivity contribution is 5.35. The zero-order valence-corrected chi connectivity index (χ0v) is 10.4. The maximum Gasteiger partial charge on any atom is 0.128 e. The molecule has 1 aromatic rings. The minimum Gasteiger partial charge on any atom is -0.207 e. The van der Waals surface area contributed by atoms with Gasteiger partial charge in [0, 0.05) is 5.56 Å². The van der Waals surface area contributed by atoms with E-state index in [1.807, 2.05) is 6.07 Å². The molecule has 1 fully saturated rings. The molecule has 0 heterocycles. The highest BCUT2D eigenvalue weighted by Crippen LogP contribution is 2.46. The molecule has 1 aromatic carbocycles. The summed E-state index contributed by atoms with van der Waals surface area (Å²) in [7, 11) is 0. The third-order valence-electron chi connectivity index (χ3n) is 4.16. The Hall–Kier alpha value is -1.36. The normalized spacial score (nSPS) is 33.1. The standard InChI is InChI=1S/C15H18FN/c1-11-7-8-12(2)15(9-11,10-17)13-5-3-4-6-14(13)16/h3-6,11-12H,7-9H2,1-2H3. The molecule has 0 aromatic heterocycles. The van der Waals surface area contributed by atoms with Crippen molar-refractivity contribution in [2.24, 2.45) is 11.8 Å². The minimum atomic E-state index is -0.636. The van der Waals surface area contributed by atoms with Crippen LogP contribution in [0.15, 0.2) is 24.3 Å². The summed E-state index contributed by atoms with van der Waals surface area (Å²) in [6, 6.07) is 9.15. The second-order valence-electron chi connectivity index (χ2n) is 5.35. The Balaban J connectivity index is 2.51. The van der Waals surface area contributed by atoms with E-state index in [0.717, 1.165) is 19.3 Å². The molecule has 1 saturated carbocycles. The van der Waals surface area contributed by atoms with Crippen molar-refractivity contribution in [1.29, 1.82) is 5.26 Å². The van der Waals surface area contributed by atoms with Crippen molar-refractivity contribution in [1.82, 2.24) is 0 Å². The molecule has 0 saturated heterocycles. The van der Waals surface area contributed by atoms with Gasteiger partial charge in [0.25, 0.3) is 0 Å². The van der Waals surface area contributed by atoms with E-state index in [1.165, 1.54) is 6.07 Å². The van der Waals surface area contributed by atoms with Gasteiger partial charge >= 0.3 is 0 Å². The van der Waals surface area contributed by atoms with Gasteiger partial charge < -0.3 is 0 Å². The summed E-state index contributed by atoms with van der Waals surface area (Å²) in [6.45, 7) is 4.22. The number of rotatable bonds is 1. The number of nitrogens with zero attached hydrogens (tertiary/aromatic N) is 1. The first-order valence-electron chi connectivity index (χ1n) is 6.26. The fourth-order valence-electron chi connectivity index (χ4n) is 3.05. The Morgan fingerprint density at radius 1 is 1.29 bits per heavy atom. The van der Waals surface area contributed by atoms with E-state index in [2.05, 4.69) is 19.9 Å². The summed E-state index contributed by atoms with van der Waals surface area (Å²) < 4.78 is 14.0. The largest absolute Gasteiger partial charge is 0.207 e. The van der Waals surface area contributed by atoms with Crippen molar-refractivity contribution in [3.8, 4) is 6.07 Å². The third-order valence-corrected chi connectivity index (χ3v) is 4.16. The van der Waals surface area contributed by atoms with Crippen molar-refractivity contribution in [2.75, 3.05) is 0 Å². The highest BCUT2D eigenvalue weighted by Gasteiger charge is 2.43. The number of hydrogen-bond acceptors (Lipinski definition) is 1. The third kappa shape index (κ3) is 1.95. The Bertz CT molecular complexity index is 448. The summed E-state index contributed by atoms with van der Waals surface area (Å²) in [5.41, 5.74) is -0.0511. The van der Waals surface area contributed by atoms with Gasteiger partial charge in [-0.1, -0.05) is 38.5 Å². The van der Waals surface area contributed by atoms with Crippen LogP contribution in [0.25, 0.3) is 0 Å². The molecule has 0 bridgehead atoms. The first kappa shape index (κ1) is 12.1. The molecule has 0 radical (unpaired) electrons. The molecule has 0 amide bonds. The Morgan fingerprint density at radius 3 is 2.65 bits per heavy atom. The van der Waals surface area contributed by atoms with E-state index in [1.54, 1.807) is 12.1 Å². The van der Waals surface area contributed by atoms with Gasteiger partial charge in [0.2, 0.25) is 0 Å². The molecule has 1 aliphatic rings. The van der Waals surface area contributed by atoms with Crippen molar-refractivity contribution < 1.29 is 4.39 Å². The lowest BCUT2D eigenvalue weighted by molar-refractivity contribution is 0.202. The van der Waals surface area contributed by atoms with Crippen LogP contribution in [-0.4, -0.2) is 0 Å². The molecule has 17 heavy (non-hydrogen) atoms. The molecule has 2 heteroatoms. The average Bonchev–Trinajstić information content (AvgIpc) is 2.33. The summed E-state index contributed by atoms with van der Waals surface area (Å²) in [5.74, 6) is 0.473. The van der Waals surface area contributed by atoms with Crippen LogP contribution in [0.3, 0.4) is 0 Å². The fraction of sp³-hybridized carbons (Fsp3) is 0.533. The Morgan fingerprint density at radius 2 is 2.00 bits per heavy atom. The van der Waals surface area contributed by atoms with Gasteiger partial charge in [0.05, 0.1) is 11.5 Å². The summed E-state index contributed by atoms with van der Waals surface area (Å²) in [5, 5.41) is 9.59. The summed E-state index contributed by atoms with van der Waals surface area (Å²) >= 11 is 0. The highest BCUT2D eigenvalue weighted by atomic mass is 19.1. The first-order chi connectivity index (χ1) is 8.10. The molecule has 3 unspecified atom stereocenters. The minimum absolute atomic E-state index is 0.223. The van der Waals surface area contributed by atoms with Crippen LogP contribution in [0.5, 0.6) is 0 Å². The maximum atomic E-state index is 14.0. The van der Waals surface area contributed by atoms with Crippen LogP contribution in [0.1, 0.15) is 38.7 Å². The molecular formula is C15H18FN. The summed E-state index contributed by atoms with van der Waals surface area (Å²) in [4.78, 5) is 0. The van der Waals surface area contributed by atoms with E-state index in [0.29, 0.717) is 11.5 Å². The fourth-order valence-corrected chi connectivity index (χ4v) is 3.05. The predicted molar refractivity (Wildman–Crippen MR) is 65.9 cm³/mol. The lowest BCUT2D eigenvalue weighted by Gasteiger charge is -2.40. The SMILES string of the molecule is CC1CCC(C)C(C#N)(c2ccccc2F)C1. The van der Waals surface area contributed by atoms with Crippen LogP contribution < -0.4 is 0 Å². The summed E-state index contributed by atoms with van der Waals surface area (Å²) in [6.07, 6.45) is 2.91. The number of hydrogen-bond donors (Lipinski definition) is 0. The molecule has 1 nitrogen and oxygen atoms in total. The van der Waals surface area contributed by atoms with E-state index in [9.17, 15) is 9.65 Å². The molecule has 3 atom stereocenters. The second-order valence-corrected chi connectivity index (χ2v) is 5.35. The van der Waals surface area contributed by atoms with E-state index < -0.39 is 5.41 Å². The van der Waals surface area contributed by atoms with Gasteiger partial charge in [-0.25, -0.2) is 4.39 Å². The van der Waals surface area contributed by atoms with E-state index in [4.69, 9.17) is 0 Å². The Labute approximate surface area is 102 Å². The average molecular weight is 231 g/mol. The van der Waals surface area contributed by atoms with Crippen molar-refractivity contribution in [2.45, 2.75) is 38.5 Å². The van der Waals surface area contributed by atoms with Crippen molar-refractivity contribution >= 4 is 0 Å². The maximum absolute atomic E-state index is 14.0. The second kappa shape index (κ2) is 4.49. The van der Waals surface area contributed by atoms with Gasteiger partial charge in [0.1, 0.15) is 5.82 Å². The Kier molecular flexibility index (Phi) is 3.19. The number of benzene rings is 1. The topological polar surface area (TPSA) is 23.8 Å². The van der Waals surface area contributed by atoms with Crippen LogP contribution in [-0.2, 0) is 5.41 Å². The quantitative estimate of drug-likeness (QED) is 0.715. The van der Waals surface area contributed by atoms with Crippen LogP contribution in [0, 0.1) is 29.0 Å². The predicted octanol–water partition coefficient (Wildman–Crippen LogP) is 4.04. The molecule has 0 spiro atoms. The lowest BCUT2D eigenvalue weighted by atomic mass is 9.61. The monoisotopic (exact) mass is 231 g/mol. The van der Waals surface area contributed by atoms with Gasteiger partial charge in [-0.05, 0) is 30.7 Å². The van der Waals surface area contributed by atoms with Crippen molar-refractivity contribution in [3.63, 3.8) is 0 Å². The van der Waals surface area contributed by atoms with Gasteiger partial charge in [-0.2, -0.15) is 5.26 Å². The lowest BCUT2D eigenvalue weighted by Crippen LogP contribution is -2.38. The van der Waals surface area contributed by atoms with Crippen LogP contribution >= 0.6 is 0 Å². The first-order valence-corrected chi connectivity index (χ1v) is 6.26. The zero-order valence-electron chi connectivity index (χ0n) is 10.4.